The zero-order valence-electron chi connectivity index (χ0n) is 7.67. The Morgan fingerprint density at radius 1 is 1.64 bits per heavy atom. The SMILES string of the molecule is Cn1c(N)nnc1SCC(N)C(N)=O. The minimum atomic E-state index is -0.682. The highest BCUT2D eigenvalue weighted by molar-refractivity contribution is 7.99. The standard InChI is InChI=1S/C6H12N6OS/c1-12-5(9)10-11-6(12)14-2-3(7)4(8)13/h3H,2,7H2,1H3,(H2,8,13)(H2,9,10). The Kier molecular flexibility index (Phi) is 3.31. The van der Waals surface area contributed by atoms with Crippen LogP contribution in [0.5, 0.6) is 0 Å². The molecule has 0 aromatic carbocycles. The minimum Gasteiger partial charge on any atom is -0.368 e. The molecule has 0 fully saturated rings. The second-order valence-electron chi connectivity index (χ2n) is 2.72. The van der Waals surface area contributed by atoms with Crippen molar-refractivity contribution in [2.24, 2.45) is 18.5 Å². The topological polar surface area (TPSA) is 126 Å². The third-order valence-electron chi connectivity index (χ3n) is 1.63. The molecule has 8 heteroatoms. The van der Waals surface area contributed by atoms with E-state index in [1.54, 1.807) is 11.6 Å². The second kappa shape index (κ2) is 4.29. The molecule has 0 spiro atoms. The minimum absolute atomic E-state index is 0.320. The summed E-state index contributed by atoms with van der Waals surface area (Å²) in [6, 6.07) is -0.682. The zero-order chi connectivity index (χ0) is 10.7. The molecule has 0 saturated heterocycles. The van der Waals surface area contributed by atoms with E-state index >= 15 is 0 Å². The number of rotatable bonds is 4. The lowest BCUT2D eigenvalue weighted by Crippen LogP contribution is -2.38. The lowest BCUT2D eigenvalue weighted by atomic mass is 10.3. The fourth-order valence-corrected chi connectivity index (χ4v) is 1.58. The van der Waals surface area contributed by atoms with Crippen molar-refractivity contribution in [2.45, 2.75) is 11.2 Å². The first-order valence-corrected chi connectivity index (χ1v) is 4.83. The van der Waals surface area contributed by atoms with Gasteiger partial charge in [-0.1, -0.05) is 11.8 Å². The third-order valence-corrected chi connectivity index (χ3v) is 2.77. The van der Waals surface area contributed by atoms with Gasteiger partial charge in [0, 0.05) is 12.8 Å². The predicted octanol–water partition coefficient (Wildman–Crippen LogP) is -1.70. The molecule has 7 nitrogen and oxygen atoms in total. The quantitative estimate of drug-likeness (QED) is 0.515. The fraction of sp³-hybridized carbons (Fsp3) is 0.500. The van der Waals surface area contributed by atoms with E-state index in [0.717, 1.165) is 0 Å². The van der Waals surface area contributed by atoms with Gasteiger partial charge in [0.25, 0.3) is 0 Å². The summed E-state index contributed by atoms with van der Waals surface area (Å²) >= 11 is 1.29. The second-order valence-corrected chi connectivity index (χ2v) is 3.71. The Labute approximate surface area is 85.0 Å². The molecule has 6 N–H and O–H groups in total. The van der Waals surface area contributed by atoms with Gasteiger partial charge in [-0.05, 0) is 0 Å². The average molecular weight is 216 g/mol. The first kappa shape index (κ1) is 10.8. The number of hydrogen-bond acceptors (Lipinski definition) is 6. The number of carbonyl (C=O) groups is 1. The highest BCUT2D eigenvalue weighted by atomic mass is 32.2. The van der Waals surface area contributed by atoms with Crippen LogP contribution in [0.4, 0.5) is 5.95 Å². The summed E-state index contributed by atoms with van der Waals surface area (Å²) in [5.74, 6) is 0.147. The van der Waals surface area contributed by atoms with Crippen LogP contribution in [0, 0.1) is 0 Å². The van der Waals surface area contributed by atoms with Crippen LogP contribution >= 0.6 is 11.8 Å². The molecular formula is C6H12N6OS. The number of aromatic nitrogens is 3. The summed E-state index contributed by atoms with van der Waals surface area (Å²) in [5.41, 5.74) is 15.9. The van der Waals surface area contributed by atoms with Crippen LogP contribution in [-0.4, -0.2) is 32.5 Å². The summed E-state index contributed by atoms with van der Waals surface area (Å²) in [6.07, 6.45) is 0. The number of nitrogen functional groups attached to an aromatic ring is 1. The predicted molar refractivity (Wildman–Crippen MR) is 53.3 cm³/mol. The Balaban J connectivity index is 2.54. The van der Waals surface area contributed by atoms with Gasteiger partial charge in [-0.25, -0.2) is 0 Å². The van der Waals surface area contributed by atoms with Crippen molar-refractivity contribution in [1.29, 1.82) is 0 Å². The molecule has 1 aromatic rings. The average Bonchev–Trinajstić information content (AvgIpc) is 2.44. The van der Waals surface area contributed by atoms with Crippen molar-refractivity contribution in [3.8, 4) is 0 Å². The van der Waals surface area contributed by atoms with Crippen LogP contribution in [0.15, 0.2) is 5.16 Å². The fourth-order valence-electron chi connectivity index (χ4n) is 0.698. The maximum Gasteiger partial charge on any atom is 0.235 e. The van der Waals surface area contributed by atoms with Gasteiger partial charge in [0.2, 0.25) is 11.9 Å². The van der Waals surface area contributed by atoms with Crippen LogP contribution in [0.3, 0.4) is 0 Å². The molecule has 1 atom stereocenters. The Morgan fingerprint density at radius 2 is 2.29 bits per heavy atom. The monoisotopic (exact) mass is 216 g/mol. The van der Waals surface area contributed by atoms with Crippen molar-refractivity contribution < 1.29 is 4.79 Å². The van der Waals surface area contributed by atoms with Crippen LogP contribution in [-0.2, 0) is 11.8 Å². The largest absolute Gasteiger partial charge is 0.368 e. The van der Waals surface area contributed by atoms with E-state index in [2.05, 4.69) is 10.2 Å². The van der Waals surface area contributed by atoms with Gasteiger partial charge in [0.15, 0.2) is 5.16 Å². The van der Waals surface area contributed by atoms with E-state index in [1.807, 2.05) is 0 Å². The van der Waals surface area contributed by atoms with E-state index < -0.39 is 11.9 Å². The molecule has 0 aliphatic rings. The van der Waals surface area contributed by atoms with Gasteiger partial charge in [0.1, 0.15) is 0 Å². The maximum absolute atomic E-state index is 10.6. The number of carbonyl (C=O) groups excluding carboxylic acids is 1. The lowest BCUT2D eigenvalue weighted by molar-refractivity contribution is -0.118. The van der Waals surface area contributed by atoms with Crippen molar-refractivity contribution >= 4 is 23.6 Å². The highest BCUT2D eigenvalue weighted by Crippen LogP contribution is 2.16. The molecule has 1 rings (SSSR count). The Bertz CT molecular complexity index is 337. The van der Waals surface area contributed by atoms with Crippen LogP contribution in [0.25, 0.3) is 0 Å². The molecule has 1 heterocycles. The first-order chi connectivity index (χ1) is 6.52. The molecule has 78 valence electrons. The molecule has 0 saturated carbocycles. The smallest absolute Gasteiger partial charge is 0.235 e. The zero-order valence-corrected chi connectivity index (χ0v) is 8.49. The van der Waals surface area contributed by atoms with Crippen molar-refractivity contribution in [1.82, 2.24) is 14.8 Å². The summed E-state index contributed by atoms with van der Waals surface area (Å²) in [6.45, 7) is 0. The number of nitrogens with zero attached hydrogens (tertiary/aromatic N) is 3. The van der Waals surface area contributed by atoms with Gasteiger partial charge < -0.3 is 17.2 Å². The van der Waals surface area contributed by atoms with E-state index in [4.69, 9.17) is 17.2 Å². The number of hydrogen-bond donors (Lipinski definition) is 3. The van der Waals surface area contributed by atoms with Crippen molar-refractivity contribution in [2.75, 3.05) is 11.5 Å². The summed E-state index contributed by atoms with van der Waals surface area (Å²) < 4.78 is 1.61. The molecular weight excluding hydrogens is 204 g/mol. The van der Waals surface area contributed by atoms with E-state index in [0.29, 0.717) is 16.9 Å². The highest BCUT2D eigenvalue weighted by Gasteiger charge is 2.12. The molecule has 0 bridgehead atoms. The van der Waals surface area contributed by atoms with Gasteiger partial charge in [-0.15, -0.1) is 10.2 Å². The maximum atomic E-state index is 10.6. The molecule has 14 heavy (non-hydrogen) atoms. The molecule has 0 radical (unpaired) electrons. The van der Waals surface area contributed by atoms with Crippen molar-refractivity contribution in [3.05, 3.63) is 0 Å². The normalized spacial score (nSPS) is 12.7. The van der Waals surface area contributed by atoms with Gasteiger partial charge in [-0.2, -0.15) is 0 Å². The van der Waals surface area contributed by atoms with E-state index in [-0.39, 0.29) is 0 Å². The van der Waals surface area contributed by atoms with E-state index in [9.17, 15) is 4.79 Å². The molecule has 1 aromatic heterocycles. The summed E-state index contributed by atoms with van der Waals surface area (Å²) in [4.78, 5) is 10.6. The van der Waals surface area contributed by atoms with Gasteiger partial charge in [-0.3, -0.25) is 9.36 Å². The molecule has 1 unspecified atom stereocenters. The number of anilines is 1. The molecule has 0 aliphatic heterocycles. The number of nitrogens with two attached hydrogens (primary N) is 3. The van der Waals surface area contributed by atoms with Crippen LogP contribution < -0.4 is 17.2 Å². The summed E-state index contributed by atoms with van der Waals surface area (Å²) in [5, 5.41) is 8.05. The van der Waals surface area contributed by atoms with Gasteiger partial charge in [0.05, 0.1) is 6.04 Å². The lowest BCUT2D eigenvalue weighted by Gasteiger charge is -2.05. The van der Waals surface area contributed by atoms with E-state index in [1.165, 1.54) is 11.8 Å². The van der Waals surface area contributed by atoms with Crippen LogP contribution in [0.1, 0.15) is 0 Å². The van der Waals surface area contributed by atoms with Crippen molar-refractivity contribution in [3.63, 3.8) is 0 Å². The number of thioether (sulfide) groups is 1. The molecule has 1 amide bonds. The molecule has 0 aliphatic carbocycles. The number of amides is 1. The Hall–Kier alpha value is -1.28. The number of primary amides is 1. The van der Waals surface area contributed by atoms with Crippen LogP contribution in [0.2, 0.25) is 0 Å². The van der Waals surface area contributed by atoms with Gasteiger partial charge >= 0.3 is 0 Å². The first-order valence-electron chi connectivity index (χ1n) is 3.85. The summed E-state index contributed by atoms with van der Waals surface area (Å²) in [7, 11) is 1.73. The Morgan fingerprint density at radius 3 is 2.71 bits per heavy atom. The third kappa shape index (κ3) is 2.36.